The Bertz CT molecular complexity index is 745. The molecule has 21 heavy (non-hydrogen) atoms. The fourth-order valence-electron chi connectivity index (χ4n) is 1.99. The van der Waals surface area contributed by atoms with Crippen LogP contribution in [0.3, 0.4) is 0 Å². The number of nitrogens with one attached hydrogen (secondary N) is 1. The minimum atomic E-state index is -3.68. The van der Waals surface area contributed by atoms with Crippen molar-refractivity contribution >= 4 is 33.0 Å². The van der Waals surface area contributed by atoms with E-state index in [4.69, 9.17) is 17.3 Å². The normalized spacial score (nSPS) is 11.3. The number of anilines is 2. The summed E-state index contributed by atoms with van der Waals surface area (Å²) in [5, 5.41) is 0.222. The lowest BCUT2D eigenvalue weighted by Crippen LogP contribution is -2.14. The number of nitrogens with two attached hydrogens (primary N) is 1. The van der Waals surface area contributed by atoms with Crippen molar-refractivity contribution in [1.82, 2.24) is 0 Å². The number of para-hydroxylation sites is 1. The van der Waals surface area contributed by atoms with Crippen molar-refractivity contribution in [2.75, 3.05) is 10.5 Å². The van der Waals surface area contributed by atoms with Crippen LogP contribution in [0.2, 0.25) is 5.02 Å². The molecule has 0 amide bonds. The Balaban J connectivity index is 2.35. The molecule has 2 aromatic rings. The smallest absolute Gasteiger partial charge is 0.261 e. The number of sulfonamides is 1. The van der Waals surface area contributed by atoms with E-state index < -0.39 is 10.0 Å². The van der Waals surface area contributed by atoms with E-state index in [2.05, 4.69) is 4.72 Å². The first-order valence-electron chi connectivity index (χ1n) is 6.60. The fraction of sp³-hybridized carbons (Fsp3) is 0.200. The van der Waals surface area contributed by atoms with Gasteiger partial charge in [-0.05, 0) is 36.2 Å². The summed E-state index contributed by atoms with van der Waals surface area (Å²) in [6.45, 7) is 2.05. The van der Waals surface area contributed by atoms with Gasteiger partial charge in [-0.2, -0.15) is 0 Å². The van der Waals surface area contributed by atoms with Crippen molar-refractivity contribution in [3.05, 3.63) is 53.1 Å². The maximum Gasteiger partial charge on any atom is 0.261 e. The zero-order chi connectivity index (χ0) is 15.5. The number of nitrogen functional groups attached to an aromatic ring is 1. The molecule has 2 aromatic carbocycles. The number of rotatable bonds is 5. The molecule has 0 bridgehead atoms. The van der Waals surface area contributed by atoms with Crippen LogP contribution in [0, 0.1) is 0 Å². The molecule has 0 spiro atoms. The van der Waals surface area contributed by atoms with Gasteiger partial charge < -0.3 is 5.73 Å². The Morgan fingerprint density at radius 1 is 1.19 bits per heavy atom. The molecule has 3 N–H and O–H groups in total. The lowest BCUT2D eigenvalue weighted by Gasteiger charge is -2.12. The van der Waals surface area contributed by atoms with E-state index in [9.17, 15) is 8.42 Å². The average Bonchev–Trinajstić information content (AvgIpc) is 2.44. The summed E-state index contributed by atoms with van der Waals surface area (Å²) >= 11 is 5.89. The van der Waals surface area contributed by atoms with E-state index in [-0.39, 0.29) is 9.92 Å². The molecule has 0 unspecified atom stereocenters. The quantitative estimate of drug-likeness (QED) is 0.824. The highest BCUT2D eigenvalue weighted by Gasteiger charge is 2.16. The van der Waals surface area contributed by atoms with Crippen molar-refractivity contribution in [3.63, 3.8) is 0 Å². The van der Waals surface area contributed by atoms with Gasteiger partial charge in [0, 0.05) is 0 Å². The molecule has 0 aliphatic rings. The number of benzene rings is 2. The molecule has 6 heteroatoms. The van der Waals surface area contributed by atoms with Crippen LogP contribution in [-0.2, 0) is 16.4 Å². The second-order valence-electron chi connectivity index (χ2n) is 4.70. The molecule has 2 rings (SSSR count). The van der Waals surface area contributed by atoms with Crippen LogP contribution >= 0.6 is 11.6 Å². The molecule has 0 saturated heterocycles. The maximum atomic E-state index is 12.4. The van der Waals surface area contributed by atoms with Gasteiger partial charge in [0.2, 0.25) is 0 Å². The largest absolute Gasteiger partial charge is 0.398 e. The van der Waals surface area contributed by atoms with Crippen LogP contribution in [0.4, 0.5) is 11.4 Å². The van der Waals surface area contributed by atoms with Gasteiger partial charge in [-0.3, -0.25) is 4.72 Å². The molecule has 0 radical (unpaired) electrons. The summed E-state index contributed by atoms with van der Waals surface area (Å²) in [5.41, 5.74) is 7.50. The third kappa shape index (κ3) is 3.68. The third-order valence-electron chi connectivity index (χ3n) is 3.06. The first kappa shape index (κ1) is 15.7. The van der Waals surface area contributed by atoms with Gasteiger partial charge in [-0.25, -0.2) is 8.42 Å². The molecule has 4 nitrogen and oxygen atoms in total. The zero-order valence-electron chi connectivity index (χ0n) is 11.6. The van der Waals surface area contributed by atoms with Crippen LogP contribution in [0.1, 0.15) is 18.9 Å². The predicted molar refractivity (Wildman–Crippen MR) is 87.1 cm³/mol. The minimum absolute atomic E-state index is 0.0907. The van der Waals surface area contributed by atoms with E-state index in [0.29, 0.717) is 11.4 Å². The summed E-state index contributed by atoms with van der Waals surface area (Å²) < 4.78 is 27.4. The van der Waals surface area contributed by atoms with E-state index in [0.717, 1.165) is 18.4 Å². The van der Waals surface area contributed by atoms with Crippen LogP contribution in [0.5, 0.6) is 0 Å². The first-order valence-corrected chi connectivity index (χ1v) is 8.46. The lowest BCUT2D eigenvalue weighted by molar-refractivity contribution is 0.601. The van der Waals surface area contributed by atoms with Crippen molar-refractivity contribution < 1.29 is 8.42 Å². The summed E-state index contributed by atoms with van der Waals surface area (Å²) in [6.07, 6.45) is 1.74. The number of hydrogen-bond acceptors (Lipinski definition) is 3. The zero-order valence-corrected chi connectivity index (χ0v) is 13.2. The Morgan fingerprint density at radius 2 is 1.90 bits per heavy atom. The Morgan fingerprint density at radius 3 is 2.57 bits per heavy atom. The molecule has 0 atom stereocenters. The topological polar surface area (TPSA) is 72.2 Å². The number of aryl methyl sites for hydroxylation is 1. The molecule has 0 aromatic heterocycles. The van der Waals surface area contributed by atoms with Gasteiger partial charge in [-0.1, -0.05) is 43.1 Å². The molecule has 0 heterocycles. The summed E-state index contributed by atoms with van der Waals surface area (Å²) in [6, 6.07) is 11.6. The van der Waals surface area contributed by atoms with Crippen LogP contribution < -0.4 is 10.5 Å². The highest BCUT2D eigenvalue weighted by atomic mass is 35.5. The fourth-order valence-corrected chi connectivity index (χ4v) is 3.36. The Hall–Kier alpha value is -1.72. The van der Waals surface area contributed by atoms with E-state index in [1.54, 1.807) is 12.1 Å². The standard InChI is InChI=1S/C15H17ClN2O2S/c1-2-5-11-6-3-4-7-15(11)18-21(19,20)12-8-9-14(17)13(16)10-12/h3-4,6-10,18H,2,5,17H2,1H3. The lowest BCUT2D eigenvalue weighted by atomic mass is 10.1. The molecule has 0 fully saturated rings. The second-order valence-corrected chi connectivity index (χ2v) is 6.79. The van der Waals surface area contributed by atoms with Crippen LogP contribution in [-0.4, -0.2) is 8.42 Å². The molecule has 0 aliphatic heterocycles. The third-order valence-corrected chi connectivity index (χ3v) is 4.75. The van der Waals surface area contributed by atoms with Gasteiger partial charge in [0.15, 0.2) is 0 Å². The molecular formula is C15H17ClN2O2S. The Kier molecular flexibility index (Phi) is 4.75. The van der Waals surface area contributed by atoms with Crippen molar-refractivity contribution in [1.29, 1.82) is 0 Å². The van der Waals surface area contributed by atoms with E-state index in [1.807, 2.05) is 19.1 Å². The predicted octanol–water partition coefficient (Wildman–Crippen LogP) is 3.68. The van der Waals surface area contributed by atoms with Crippen LogP contribution in [0.25, 0.3) is 0 Å². The van der Waals surface area contributed by atoms with Gasteiger partial charge in [-0.15, -0.1) is 0 Å². The highest BCUT2D eigenvalue weighted by molar-refractivity contribution is 7.92. The Labute approximate surface area is 130 Å². The number of halogens is 1. The van der Waals surface area contributed by atoms with Crippen molar-refractivity contribution in [2.24, 2.45) is 0 Å². The molecule has 112 valence electrons. The summed E-state index contributed by atoms with van der Waals surface area (Å²) in [5.74, 6) is 0. The first-order chi connectivity index (χ1) is 9.94. The average molecular weight is 325 g/mol. The van der Waals surface area contributed by atoms with Crippen LogP contribution in [0.15, 0.2) is 47.4 Å². The summed E-state index contributed by atoms with van der Waals surface area (Å²) in [4.78, 5) is 0.0907. The van der Waals surface area contributed by atoms with Gasteiger partial charge >= 0.3 is 0 Å². The molecule has 0 saturated carbocycles. The van der Waals surface area contributed by atoms with Crippen molar-refractivity contribution in [3.8, 4) is 0 Å². The van der Waals surface area contributed by atoms with Gasteiger partial charge in [0.05, 0.1) is 21.3 Å². The number of hydrogen-bond donors (Lipinski definition) is 2. The van der Waals surface area contributed by atoms with Crippen molar-refractivity contribution in [2.45, 2.75) is 24.7 Å². The SMILES string of the molecule is CCCc1ccccc1NS(=O)(=O)c1ccc(N)c(Cl)c1. The van der Waals surface area contributed by atoms with E-state index >= 15 is 0 Å². The summed E-state index contributed by atoms with van der Waals surface area (Å²) in [7, 11) is -3.68. The second kappa shape index (κ2) is 6.37. The van der Waals surface area contributed by atoms with Gasteiger partial charge in [0.1, 0.15) is 0 Å². The molecular weight excluding hydrogens is 308 g/mol. The van der Waals surface area contributed by atoms with E-state index in [1.165, 1.54) is 18.2 Å². The minimum Gasteiger partial charge on any atom is -0.398 e. The highest BCUT2D eigenvalue weighted by Crippen LogP contribution is 2.25. The molecule has 0 aliphatic carbocycles. The monoisotopic (exact) mass is 324 g/mol. The maximum absolute atomic E-state index is 12.4. The van der Waals surface area contributed by atoms with Gasteiger partial charge in [0.25, 0.3) is 10.0 Å².